The lowest BCUT2D eigenvalue weighted by Gasteiger charge is -2.11. The highest BCUT2D eigenvalue weighted by Gasteiger charge is 2.04. The fraction of sp³-hybridized carbons (Fsp3) is 0.214. The first-order chi connectivity index (χ1) is 8.20. The Morgan fingerprint density at radius 1 is 1.24 bits per heavy atom. The Bertz CT molecular complexity index is 572. The van der Waals surface area contributed by atoms with Gasteiger partial charge >= 0.3 is 0 Å². The van der Waals surface area contributed by atoms with Crippen LogP contribution in [0.4, 0.5) is 0 Å². The fourth-order valence-electron chi connectivity index (χ4n) is 1.81. The molecule has 0 unspecified atom stereocenters. The average Bonchev–Trinajstić information content (AvgIpc) is 2.32. The monoisotopic (exact) mass is 229 g/mol. The molecule has 0 fully saturated rings. The van der Waals surface area contributed by atoms with Crippen molar-refractivity contribution in [2.24, 2.45) is 0 Å². The molecule has 0 aliphatic rings. The van der Waals surface area contributed by atoms with E-state index in [4.69, 9.17) is 4.74 Å². The normalized spacial score (nSPS) is 10.2. The van der Waals surface area contributed by atoms with E-state index in [-0.39, 0.29) is 5.56 Å². The van der Waals surface area contributed by atoms with Gasteiger partial charge in [0.15, 0.2) is 0 Å². The molecule has 0 spiro atoms. The summed E-state index contributed by atoms with van der Waals surface area (Å²) in [4.78, 5) is 11.6. The second-order valence-electron chi connectivity index (χ2n) is 3.98. The molecule has 88 valence electrons. The van der Waals surface area contributed by atoms with Crippen LogP contribution >= 0.6 is 0 Å². The highest BCUT2D eigenvalue weighted by molar-refractivity contribution is 5.37. The van der Waals surface area contributed by atoms with Gasteiger partial charge in [0.1, 0.15) is 5.75 Å². The van der Waals surface area contributed by atoms with Crippen LogP contribution in [0, 0.1) is 6.92 Å². The van der Waals surface area contributed by atoms with E-state index < -0.39 is 0 Å². The van der Waals surface area contributed by atoms with Gasteiger partial charge in [-0.1, -0.05) is 23.8 Å². The van der Waals surface area contributed by atoms with Crippen molar-refractivity contribution in [1.82, 2.24) is 4.57 Å². The number of methoxy groups -OCH3 is 1. The van der Waals surface area contributed by atoms with Gasteiger partial charge in [-0.25, -0.2) is 0 Å². The minimum atomic E-state index is -0.00365. The molecule has 0 N–H and O–H groups in total. The molecule has 0 amide bonds. The summed E-state index contributed by atoms with van der Waals surface area (Å²) in [6.07, 6.45) is 1.78. The number of rotatable bonds is 3. The average molecular weight is 229 g/mol. The van der Waals surface area contributed by atoms with Crippen LogP contribution in [0.15, 0.2) is 47.4 Å². The first kappa shape index (κ1) is 11.5. The molecule has 2 aromatic rings. The minimum Gasteiger partial charge on any atom is -0.496 e. The first-order valence-corrected chi connectivity index (χ1v) is 5.49. The largest absolute Gasteiger partial charge is 0.496 e. The maximum absolute atomic E-state index is 11.6. The third kappa shape index (κ3) is 2.56. The highest BCUT2D eigenvalue weighted by atomic mass is 16.5. The molecule has 0 bridgehead atoms. The smallest absolute Gasteiger partial charge is 0.250 e. The topological polar surface area (TPSA) is 31.2 Å². The van der Waals surface area contributed by atoms with E-state index in [1.54, 1.807) is 30.0 Å². The molecule has 0 atom stereocenters. The summed E-state index contributed by atoms with van der Waals surface area (Å²) in [6, 6.07) is 11.1. The van der Waals surface area contributed by atoms with Crippen molar-refractivity contribution in [2.45, 2.75) is 13.5 Å². The van der Waals surface area contributed by atoms with Crippen LogP contribution < -0.4 is 10.3 Å². The van der Waals surface area contributed by atoms with Gasteiger partial charge in [-0.05, 0) is 19.1 Å². The Balaban J connectivity index is 2.39. The van der Waals surface area contributed by atoms with Crippen LogP contribution in [-0.2, 0) is 6.54 Å². The molecule has 1 aromatic heterocycles. The summed E-state index contributed by atoms with van der Waals surface area (Å²) >= 11 is 0. The summed E-state index contributed by atoms with van der Waals surface area (Å²) in [7, 11) is 1.64. The molecule has 2 rings (SSSR count). The van der Waals surface area contributed by atoms with Crippen LogP contribution in [0.25, 0.3) is 0 Å². The van der Waals surface area contributed by atoms with Crippen molar-refractivity contribution in [3.05, 3.63) is 64.1 Å². The van der Waals surface area contributed by atoms with Gasteiger partial charge in [0.2, 0.25) is 0 Å². The van der Waals surface area contributed by atoms with Gasteiger partial charge in [-0.3, -0.25) is 4.79 Å². The second-order valence-corrected chi connectivity index (χ2v) is 3.98. The van der Waals surface area contributed by atoms with Gasteiger partial charge in [0, 0.05) is 17.8 Å². The van der Waals surface area contributed by atoms with E-state index >= 15 is 0 Å². The molecule has 0 aliphatic heterocycles. The lowest BCUT2D eigenvalue weighted by atomic mass is 10.1. The van der Waals surface area contributed by atoms with E-state index in [2.05, 4.69) is 0 Å². The molecule has 1 heterocycles. The third-order valence-corrected chi connectivity index (χ3v) is 2.68. The molecule has 3 nitrogen and oxygen atoms in total. The predicted octanol–water partition coefficient (Wildman–Crippen LogP) is 2.21. The zero-order chi connectivity index (χ0) is 12.3. The summed E-state index contributed by atoms with van der Waals surface area (Å²) in [5.74, 6) is 0.811. The summed E-state index contributed by atoms with van der Waals surface area (Å²) in [5, 5.41) is 0. The van der Waals surface area contributed by atoms with Crippen molar-refractivity contribution in [2.75, 3.05) is 7.11 Å². The SMILES string of the molecule is COc1ccc(C)cc1Cn1ccccc1=O. The van der Waals surface area contributed by atoms with Crippen molar-refractivity contribution in [3.8, 4) is 5.75 Å². The Labute approximate surface area is 100 Å². The molecule has 0 saturated heterocycles. The molecule has 0 aliphatic carbocycles. The van der Waals surface area contributed by atoms with Crippen LogP contribution in [0.5, 0.6) is 5.75 Å². The summed E-state index contributed by atoms with van der Waals surface area (Å²) in [6.45, 7) is 2.56. The van der Waals surface area contributed by atoms with Crippen molar-refractivity contribution >= 4 is 0 Å². The van der Waals surface area contributed by atoms with Gasteiger partial charge in [0.05, 0.1) is 13.7 Å². The Morgan fingerprint density at radius 3 is 2.76 bits per heavy atom. The molecule has 0 radical (unpaired) electrons. The van der Waals surface area contributed by atoms with Crippen molar-refractivity contribution in [1.29, 1.82) is 0 Å². The Kier molecular flexibility index (Phi) is 3.28. The maximum atomic E-state index is 11.6. The van der Waals surface area contributed by atoms with Gasteiger partial charge < -0.3 is 9.30 Å². The minimum absolute atomic E-state index is 0.00365. The summed E-state index contributed by atoms with van der Waals surface area (Å²) in [5.41, 5.74) is 2.17. The van der Waals surface area contributed by atoms with Crippen LogP contribution in [0.1, 0.15) is 11.1 Å². The molecular formula is C14H15NO2. The lowest BCUT2D eigenvalue weighted by Crippen LogP contribution is -2.18. The molecule has 0 saturated carbocycles. The summed E-state index contributed by atoms with van der Waals surface area (Å²) < 4.78 is 6.96. The van der Waals surface area contributed by atoms with E-state index in [0.29, 0.717) is 6.54 Å². The van der Waals surface area contributed by atoms with Gasteiger partial charge in [0.25, 0.3) is 5.56 Å². The number of ether oxygens (including phenoxy) is 1. The first-order valence-electron chi connectivity index (χ1n) is 5.49. The number of aromatic nitrogens is 1. The van der Waals surface area contributed by atoms with E-state index in [1.807, 2.05) is 31.2 Å². The highest BCUT2D eigenvalue weighted by Crippen LogP contribution is 2.20. The fourth-order valence-corrected chi connectivity index (χ4v) is 1.81. The maximum Gasteiger partial charge on any atom is 0.250 e. The zero-order valence-electron chi connectivity index (χ0n) is 10.0. The lowest BCUT2D eigenvalue weighted by molar-refractivity contribution is 0.408. The molecular weight excluding hydrogens is 214 g/mol. The van der Waals surface area contributed by atoms with Crippen LogP contribution in [0.2, 0.25) is 0 Å². The Morgan fingerprint density at radius 2 is 2.06 bits per heavy atom. The third-order valence-electron chi connectivity index (χ3n) is 2.68. The van der Waals surface area contributed by atoms with Gasteiger partial charge in [-0.15, -0.1) is 0 Å². The number of benzene rings is 1. The Hall–Kier alpha value is -2.03. The van der Waals surface area contributed by atoms with Crippen LogP contribution in [0.3, 0.4) is 0 Å². The quantitative estimate of drug-likeness (QED) is 0.808. The number of pyridine rings is 1. The van der Waals surface area contributed by atoms with E-state index in [9.17, 15) is 4.79 Å². The van der Waals surface area contributed by atoms with Crippen molar-refractivity contribution < 1.29 is 4.74 Å². The molecule has 1 aromatic carbocycles. The van der Waals surface area contributed by atoms with Crippen LogP contribution in [-0.4, -0.2) is 11.7 Å². The molecule has 3 heteroatoms. The number of aryl methyl sites for hydroxylation is 1. The van der Waals surface area contributed by atoms with Crippen molar-refractivity contribution in [3.63, 3.8) is 0 Å². The zero-order valence-corrected chi connectivity index (χ0v) is 10.0. The van der Waals surface area contributed by atoms with E-state index in [0.717, 1.165) is 16.9 Å². The number of hydrogen-bond acceptors (Lipinski definition) is 2. The van der Waals surface area contributed by atoms with E-state index in [1.165, 1.54) is 0 Å². The standard InChI is InChI=1S/C14H15NO2/c1-11-6-7-13(17-2)12(9-11)10-15-8-4-3-5-14(15)16/h3-9H,10H2,1-2H3. The number of hydrogen-bond donors (Lipinski definition) is 0. The predicted molar refractivity (Wildman–Crippen MR) is 67.5 cm³/mol. The second kappa shape index (κ2) is 4.87. The molecule has 17 heavy (non-hydrogen) atoms. The number of nitrogens with zero attached hydrogens (tertiary/aromatic N) is 1. The van der Waals surface area contributed by atoms with Gasteiger partial charge in [-0.2, -0.15) is 0 Å².